The molecule has 2 atom stereocenters. The molecule has 7 nitrogen and oxygen atoms in total. The molecule has 1 amide bonds. The highest BCUT2D eigenvalue weighted by Gasteiger charge is 2.26. The number of ether oxygens (including phenoxy) is 1. The first-order valence-corrected chi connectivity index (χ1v) is 10.6. The van der Waals surface area contributed by atoms with Gasteiger partial charge >= 0.3 is 5.97 Å². The number of amides is 1. The fourth-order valence-electron chi connectivity index (χ4n) is 3.27. The molecule has 1 aliphatic rings. The highest BCUT2D eigenvalue weighted by atomic mass is 32.2. The third kappa shape index (κ3) is 6.04. The molecule has 0 aliphatic carbocycles. The van der Waals surface area contributed by atoms with Crippen molar-refractivity contribution in [2.75, 3.05) is 26.2 Å². The molecule has 1 saturated heterocycles. The zero-order chi connectivity index (χ0) is 20.2. The lowest BCUT2D eigenvalue weighted by Gasteiger charge is -2.34. The third-order valence-electron chi connectivity index (χ3n) is 4.77. The summed E-state index contributed by atoms with van der Waals surface area (Å²) in [5.41, 5.74) is 1.82. The largest absolute Gasteiger partial charge is 0.455 e. The van der Waals surface area contributed by atoms with Gasteiger partial charge < -0.3 is 9.64 Å². The molecule has 27 heavy (non-hydrogen) atoms. The van der Waals surface area contributed by atoms with E-state index in [4.69, 9.17) is 4.74 Å². The maximum absolute atomic E-state index is 12.3. The first-order valence-electron chi connectivity index (χ1n) is 9.09. The summed E-state index contributed by atoms with van der Waals surface area (Å²) in [6.07, 6.45) is 1.07. The number of piperidine rings is 1. The van der Waals surface area contributed by atoms with Crippen molar-refractivity contribution >= 4 is 21.9 Å². The maximum atomic E-state index is 12.3. The number of esters is 1. The van der Waals surface area contributed by atoms with Crippen LogP contribution in [0.15, 0.2) is 23.1 Å². The van der Waals surface area contributed by atoms with E-state index in [1.54, 1.807) is 17.0 Å². The van der Waals surface area contributed by atoms with Gasteiger partial charge in [-0.2, -0.15) is 4.72 Å². The molecule has 0 aromatic heterocycles. The average Bonchev–Trinajstić information content (AvgIpc) is 2.59. The van der Waals surface area contributed by atoms with Crippen molar-refractivity contribution in [3.63, 3.8) is 0 Å². The Morgan fingerprint density at radius 1 is 1.15 bits per heavy atom. The molecule has 0 radical (unpaired) electrons. The first-order chi connectivity index (χ1) is 12.6. The Kier molecular flexibility index (Phi) is 7.00. The van der Waals surface area contributed by atoms with E-state index in [0.717, 1.165) is 17.5 Å². The molecule has 1 N–H and O–H groups in total. The molecule has 0 bridgehead atoms. The van der Waals surface area contributed by atoms with Crippen LogP contribution in [0.4, 0.5) is 0 Å². The third-order valence-corrected chi connectivity index (χ3v) is 6.17. The van der Waals surface area contributed by atoms with Crippen molar-refractivity contribution in [1.29, 1.82) is 0 Å². The molecule has 0 spiro atoms. The van der Waals surface area contributed by atoms with Crippen LogP contribution in [0.5, 0.6) is 0 Å². The highest BCUT2D eigenvalue weighted by molar-refractivity contribution is 7.89. The van der Waals surface area contributed by atoms with Crippen molar-refractivity contribution in [2.24, 2.45) is 11.8 Å². The van der Waals surface area contributed by atoms with Gasteiger partial charge in [0.05, 0.1) is 4.90 Å². The summed E-state index contributed by atoms with van der Waals surface area (Å²) in [6.45, 7) is 8.29. The monoisotopic (exact) mass is 396 g/mol. The number of nitrogens with one attached hydrogen (secondary N) is 1. The molecule has 2 rings (SSSR count). The Morgan fingerprint density at radius 3 is 2.37 bits per heavy atom. The normalized spacial score (nSPS) is 20.4. The van der Waals surface area contributed by atoms with E-state index in [2.05, 4.69) is 18.6 Å². The quantitative estimate of drug-likeness (QED) is 0.738. The number of aryl methyl sites for hydroxylation is 2. The lowest BCUT2D eigenvalue weighted by atomic mass is 9.92. The number of carbonyl (C=O) groups excluding carboxylic acids is 2. The van der Waals surface area contributed by atoms with Gasteiger partial charge in [0.1, 0.15) is 6.54 Å². The van der Waals surface area contributed by atoms with E-state index in [9.17, 15) is 18.0 Å². The van der Waals surface area contributed by atoms with Crippen LogP contribution in [0.3, 0.4) is 0 Å². The van der Waals surface area contributed by atoms with E-state index in [1.165, 1.54) is 6.07 Å². The molecule has 1 aromatic carbocycles. The average molecular weight is 397 g/mol. The number of nitrogens with zero attached hydrogens (tertiary/aromatic N) is 1. The van der Waals surface area contributed by atoms with Gasteiger partial charge in [0.25, 0.3) is 5.91 Å². The SMILES string of the molecule is Cc1ccc(S(=O)(=O)NCC(=O)OCC(=O)N2C[C@H](C)C[C@@H](C)C2)cc1C. The van der Waals surface area contributed by atoms with Gasteiger partial charge in [-0.05, 0) is 55.4 Å². The summed E-state index contributed by atoms with van der Waals surface area (Å²) in [6, 6.07) is 4.74. The summed E-state index contributed by atoms with van der Waals surface area (Å²) < 4.78 is 31.7. The number of benzene rings is 1. The number of likely N-dealkylation sites (tertiary alicyclic amines) is 1. The first kappa shape index (κ1) is 21.4. The van der Waals surface area contributed by atoms with E-state index in [-0.39, 0.29) is 17.4 Å². The van der Waals surface area contributed by atoms with Crippen molar-refractivity contribution in [3.05, 3.63) is 29.3 Å². The van der Waals surface area contributed by atoms with E-state index in [0.29, 0.717) is 24.9 Å². The number of sulfonamides is 1. The molecule has 1 aliphatic heterocycles. The Hall–Kier alpha value is -1.93. The van der Waals surface area contributed by atoms with Gasteiger partial charge in [-0.15, -0.1) is 0 Å². The standard InChI is InChI=1S/C19H28N2O5S/c1-13-7-14(2)11-21(10-13)18(22)12-26-19(23)9-20-27(24,25)17-6-5-15(3)16(4)8-17/h5-6,8,13-14,20H,7,9-12H2,1-4H3/t13-,14-/m1/s1. The fourth-order valence-corrected chi connectivity index (χ4v) is 4.32. The van der Waals surface area contributed by atoms with Crippen LogP contribution in [0.2, 0.25) is 0 Å². The summed E-state index contributed by atoms with van der Waals surface area (Å²) in [7, 11) is -3.81. The van der Waals surface area contributed by atoms with Gasteiger partial charge in [0, 0.05) is 13.1 Å². The van der Waals surface area contributed by atoms with Crippen molar-refractivity contribution in [1.82, 2.24) is 9.62 Å². The van der Waals surface area contributed by atoms with Crippen LogP contribution in [-0.2, 0) is 24.3 Å². The molecule has 1 aromatic rings. The fraction of sp³-hybridized carbons (Fsp3) is 0.579. The zero-order valence-corrected chi connectivity index (χ0v) is 17.1. The Labute approximate surface area is 161 Å². The van der Waals surface area contributed by atoms with Crippen molar-refractivity contribution < 1.29 is 22.7 Å². The smallest absolute Gasteiger partial charge is 0.321 e. The van der Waals surface area contributed by atoms with Crippen LogP contribution < -0.4 is 4.72 Å². The lowest BCUT2D eigenvalue weighted by molar-refractivity contribution is -0.152. The van der Waals surface area contributed by atoms with Crippen molar-refractivity contribution in [3.8, 4) is 0 Å². The summed E-state index contributed by atoms with van der Waals surface area (Å²) in [5, 5.41) is 0. The van der Waals surface area contributed by atoms with E-state index in [1.807, 2.05) is 13.8 Å². The van der Waals surface area contributed by atoms with Crippen LogP contribution in [0, 0.1) is 25.7 Å². The highest BCUT2D eigenvalue weighted by Crippen LogP contribution is 2.21. The van der Waals surface area contributed by atoms with Gasteiger partial charge in [0.15, 0.2) is 6.61 Å². The van der Waals surface area contributed by atoms with Gasteiger partial charge in [0.2, 0.25) is 10.0 Å². The molecule has 0 saturated carbocycles. The Morgan fingerprint density at radius 2 is 1.78 bits per heavy atom. The number of rotatable bonds is 6. The Balaban J connectivity index is 1.83. The van der Waals surface area contributed by atoms with E-state index < -0.39 is 22.5 Å². The number of hydrogen-bond donors (Lipinski definition) is 1. The minimum absolute atomic E-state index is 0.0887. The number of carbonyl (C=O) groups is 2. The molecular weight excluding hydrogens is 368 g/mol. The summed E-state index contributed by atoms with van der Waals surface area (Å²) in [5.74, 6) is -0.205. The van der Waals surface area contributed by atoms with Gasteiger partial charge in [-0.3, -0.25) is 9.59 Å². The molecule has 1 fully saturated rings. The minimum Gasteiger partial charge on any atom is -0.455 e. The second kappa shape index (κ2) is 8.84. The van der Waals surface area contributed by atoms with Crippen LogP contribution in [0.1, 0.15) is 31.4 Å². The van der Waals surface area contributed by atoms with Crippen LogP contribution in [0.25, 0.3) is 0 Å². The lowest BCUT2D eigenvalue weighted by Crippen LogP contribution is -2.44. The second-order valence-corrected chi connectivity index (χ2v) is 9.24. The van der Waals surface area contributed by atoms with Crippen LogP contribution in [-0.4, -0.2) is 51.4 Å². The maximum Gasteiger partial charge on any atom is 0.321 e. The van der Waals surface area contributed by atoms with Crippen LogP contribution >= 0.6 is 0 Å². The molecule has 0 unspecified atom stereocenters. The van der Waals surface area contributed by atoms with Crippen molar-refractivity contribution in [2.45, 2.75) is 39.0 Å². The predicted octanol–water partition coefficient (Wildman–Crippen LogP) is 1.63. The molecular formula is C19H28N2O5S. The second-order valence-electron chi connectivity index (χ2n) is 7.48. The minimum atomic E-state index is -3.81. The Bertz CT molecular complexity index is 796. The molecule has 8 heteroatoms. The summed E-state index contributed by atoms with van der Waals surface area (Å²) >= 11 is 0. The van der Waals surface area contributed by atoms with Gasteiger partial charge in [-0.25, -0.2) is 8.42 Å². The zero-order valence-electron chi connectivity index (χ0n) is 16.3. The predicted molar refractivity (Wildman–Crippen MR) is 102 cm³/mol. The van der Waals surface area contributed by atoms with E-state index >= 15 is 0 Å². The van der Waals surface area contributed by atoms with Gasteiger partial charge in [-0.1, -0.05) is 19.9 Å². The summed E-state index contributed by atoms with van der Waals surface area (Å²) in [4.78, 5) is 25.8. The topological polar surface area (TPSA) is 92.8 Å². The number of hydrogen-bond acceptors (Lipinski definition) is 5. The molecule has 1 heterocycles. The molecule has 150 valence electrons.